The van der Waals surface area contributed by atoms with E-state index in [0.29, 0.717) is 13.0 Å². The Kier molecular flexibility index (Phi) is 5.63. The van der Waals surface area contributed by atoms with E-state index >= 15 is 0 Å². The smallest absolute Gasteiger partial charge is 0.320 e. The molecule has 1 aromatic rings. The van der Waals surface area contributed by atoms with Crippen LogP contribution in [0.15, 0.2) is 18.2 Å². The quantitative estimate of drug-likeness (QED) is 0.814. The number of benzene rings is 1. The Hall–Kier alpha value is -1.75. The normalized spacial score (nSPS) is 12.3. The predicted octanol–water partition coefficient (Wildman–Crippen LogP) is 1.65. The van der Waals surface area contributed by atoms with E-state index in [-0.39, 0.29) is 0 Å². The molecule has 0 radical (unpaired) electrons. The van der Waals surface area contributed by atoms with E-state index in [9.17, 15) is 4.79 Å². The molecule has 0 saturated heterocycles. The molecule has 19 heavy (non-hydrogen) atoms. The summed E-state index contributed by atoms with van der Waals surface area (Å²) in [6.07, 6.45) is 0.703. The highest BCUT2D eigenvalue weighted by atomic mass is 16.5. The van der Waals surface area contributed by atoms with Crippen molar-refractivity contribution in [1.82, 2.24) is 4.90 Å². The molecule has 1 rings (SSSR count). The Morgan fingerprint density at radius 3 is 2.58 bits per heavy atom. The highest BCUT2D eigenvalue weighted by Crippen LogP contribution is 2.24. The van der Waals surface area contributed by atoms with Gasteiger partial charge in [-0.15, -0.1) is 0 Å². The minimum Gasteiger partial charge on any atom is -0.497 e. The van der Waals surface area contributed by atoms with E-state index in [1.807, 2.05) is 18.2 Å². The predicted molar refractivity (Wildman–Crippen MR) is 73.0 cm³/mol. The van der Waals surface area contributed by atoms with Gasteiger partial charge in [0, 0.05) is 6.54 Å². The molecule has 0 aliphatic carbocycles. The van der Waals surface area contributed by atoms with Crippen molar-refractivity contribution in [1.29, 1.82) is 0 Å². The number of aliphatic carboxylic acids is 1. The monoisotopic (exact) mass is 267 g/mol. The molecular formula is C14H21NO4. The zero-order valence-corrected chi connectivity index (χ0v) is 11.8. The van der Waals surface area contributed by atoms with Crippen molar-refractivity contribution < 1.29 is 19.4 Å². The van der Waals surface area contributed by atoms with Crippen molar-refractivity contribution in [2.24, 2.45) is 0 Å². The Bertz CT molecular complexity index is 433. The van der Waals surface area contributed by atoms with E-state index in [1.165, 1.54) is 0 Å². The molecule has 0 aliphatic rings. The molecule has 5 nitrogen and oxygen atoms in total. The van der Waals surface area contributed by atoms with E-state index in [2.05, 4.69) is 0 Å². The molecule has 1 aromatic carbocycles. The fraction of sp³-hybridized carbons (Fsp3) is 0.500. The summed E-state index contributed by atoms with van der Waals surface area (Å²) in [6, 6.07) is 5.11. The van der Waals surface area contributed by atoms with E-state index < -0.39 is 12.0 Å². The first kappa shape index (κ1) is 15.3. The van der Waals surface area contributed by atoms with Crippen molar-refractivity contribution in [3.63, 3.8) is 0 Å². The largest absolute Gasteiger partial charge is 0.497 e. The summed E-state index contributed by atoms with van der Waals surface area (Å²) >= 11 is 0. The van der Waals surface area contributed by atoms with Gasteiger partial charge in [0.15, 0.2) is 0 Å². The van der Waals surface area contributed by atoms with Crippen LogP contribution < -0.4 is 9.47 Å². The van der Waals surface area contributed by atoms with Crippen LogP contribution >= 0.6 is 0 Å². The second-order valence-corrected chi connectivity index (χ2v) is 4.42. The van der Waals surface area contributed by atoms with Crippen LogP contribution in [0.2, 0.25) is 0 Å². The van der Waals surface area contributed by atoms with Crippen molar-refractivity contribution in [2.75, 3.05) is 27.8 Å². The van der Waals surface area contributed by atoms with Crippen molar-refractivity contribution in [3.05, 3.63) is 23.8 Å². The van der Waals surface area contributed by atoms with Crippen LogP contribution in [0.3, 0.4) is 0 Å². The summed E-state index contributed by atoms with van der Waals surface area (Å²) in [5.41, 5.74) is 1.01. The molecule has 0 amide bonds. The van der Waals surface area contributed by atoms with Crippen LogP contribution in [0.1, 0.15) is 12.5 Å². The van der Waals surface area contributed by atoms with Gasteiger partial charge >= 0.3 is 5.97 Å². The molecule has 106 valence electrons. The first-order chi connectivity index (χ1) is 8.99. The summed E-state index contributed by atoms with van der Waals surface area (Å²) in [5.74, 6) is 0.738. The molecule has 0 spiro atoms. The van der Waals surface area contributed by atoms with E-state index in [4.69, 9.17) is 14.6 Å². The van der Waals surface area contributed by atoms with Crippen molar-refractivity contribution >= 4 is 5.97 Å². The Balaban J connectivity index is 2.73. The number of likely N-dealkylation sites (N-methyl/N-ethyl adjacent to an activating group) is 1. The van der Waals surface area contributed by atoms with Crippen LogP contribution in [0.5, 0.6) is 11.5 Å². The Morgan fingerprint density at radius 1 is 1.37 bits per heavy atom. The van der Waals surface area contributed by atoms with Gasteiger partial charge in [-0.1, -0.05) is 0 Å². The molecule has 1 unspecified atom stereocenters. The van der Waals surface area contributed by atoms with Gasteiger partial charge in [0.2, 0.25) is 0 Å². The summed E-state index contributed by atoms with van der Waals surface area (Å²) in [6.45, 7) is 2.31. The molecule has 0 fully saturated rings. The fourth-order valence-corrected chi connectivity index (χ4v) is 1.76. The summed E-state index contributed by atoms with van der Waals surface area (Å²) in [4.78, 5) is 12.7. The number of hydrogen-bond acceptors (Lipinski definition) is 4. The average molecular weight is 267 g/mol. The number of methoxy groups -OCH3 is 2. The van der Waals surface area contributed by atoms with Crippen LogP contribution in [-0.2, 0) is 11.2 Å². The molecule has 0 saturated carbocycles. The van der Waals surface area contributed by atoms with Gasteiger partial charge in [-0.2, -0.15) is 0 Å². The zero-order valence-electron chi connectivity index (χ0n) is 11.8. The summed E-state index contributed by atoms with van der Waals surface area (Å²) < 4.78 is 10.5. The maximum Gasteiger partial charge on any atom is 0.320 e. The molecule has 0 aliphatic heterocycles. The lowest BCUT2D eigenvalue weighted by atomic mass is 10.1. The Morgan fingerprint density at radius 2 is 2.05 bits per heavy atom. The number of ether oxygens (including phenoxy) is 2. The van der Waals surface area contributed by atoms with Gasteiger partial charge in [0.1, 0.15) is 17.5 Å². The van der Waals surface area contributed by atoms with Crippen LogP contribution in [-0.4, -0.2) is 49.8 Å². The second kappa shape index (κ2) is 6.99. The minimum atomic E-state index is -0.819. The highest BCUT2D eigenvalue weighted by Gasteiger charge is 2.17. The van der Waals surface area contributed by atoms with Gasteiger partial charge in [-0.25, -0.2) is 0 Å². The number of carbonyl (C=O) groups is 1. The van der Waals surface area contributed by atoms with Gasteiger partial charge in [-0.3, -0.25) is 9.69 Å². The third-order valence-electron chi connectivity index (χ3n) is 3.24. The summed E-state index contributed by atoms with van der Waals surface area (Å²) in [5, 5.41) is 8.95. The standard InChI is InChI=1S/C14H21NO4/c1-10(14(16)17)15(2)8-7-11-9-12(18-3)5-6-13(11)19-4/h5-6,9-10H,7-8H2,1-4H3,(H,16,17). The SMILES string of the molecule is COc1ccc(OC)c(CCN(C)C(C)C(=O)O)c1. The average Bonchev–Trinajstić information content (AvgIpc) is 2.43. The second-order valence-electron chi connectivity index (χ2n) is 4.42. The molecule has 1 N–H and O–H groups in total. The lowest BCUT2D eigenvalue weighted by Gasteiger charge is -2.21. The van der Waals surface area contributed by atoms with E-state index in [1.54, 1.807) is 33.1 Å². The lowest BCUT2D eigenvalue weighted by Crippen LogP contribution is -2.37. The summed E-state index contributed by atoms with van der Waals surface area (Å²) in [7, 11) is 5.03. The maximum absolute atomic E-state index is 10.9. The molecular weight excluding hydrogens is 246 g/mol. The number of carboxylic acids is 1. The minimum absolute atomic E-state index is 0.503. The highest BCUT2D eigenvalue weighted by molar-refractivity contribution is 5.72. The first-order valence-corrected chi connectivity index (χ1v) is 6.13. The van der Waals surface area contributed by atoms with E-state index in [0.717, 1.165) is 17.1 Å². The van der Waals surface area contributed by atoms with Crippen LogP contribution in [0.25, 0.3) is 0 Å². The number of rotatable bonds is 7. The molecule has 0 heterocycles. The molecule has 1 atom stereocenters. The maximum atomic E-state index is 10.9. The first-order valence-electron chi connectivity index (χ1n) is 6.13. The topological polar surface area (TPSA) is 59.0 Å². The van der Waals surface area contributed by atoms with Crippen molar-refractivity contribution in [2.45, 2.75) is 19.4 Å². The lowest BCUT2D eigenvalue weighted by molar-refractivity contribution is -0.142. The fourth-order valence-electron chi connectivity index (χ4n) is 1.76. The molecule has 0 aromatic heterocycles. The van der Waals surface area contributed by atoms with Crippen LogP contribution in [0, 0.1) is 0 Å². The number of nitrogens with zero attached hydrogens (tertiary/aromatic N) is 1. The Labute approximate surface area is 113 Å². The number of hydrogen-bond donors (Lipinski definition) is 1. The number of carboxylic acid groups (broad SMARTS) is 1. The van der Waals surface area contributed by atoms with Crippen LogP contribution in [0.4, 0.5) is 0 Å². The van der Waals surface area contributed by atoms with Gasteiger partial charge in [0.05, 0.1) is 14.2 Å². The third-order valence-corrected chi connectivity index (χ3v) is 3.24. The van der Waals surface area contributed by atoms with Gasteiger partial charge in [-0.05, 0) is 44.2 Å². The molecule has 5 heteroatoms. The molecule has 0 bridgehead atoms. The third kappa shape index (κ3) is 4.13. The van der Waals surface area contributed by atoms with Gasteiger partial charge < -0.3 is 14.6 Å². The zero-order chi connectivity index (χ0) is 14.4. The van der Waals surface area contributed by atoms with Crippen molar-refractivity contribution in [3.8, 4) is 11.5 Å². The van der Waals surface area contributed by atoms with Gasteiger partial charge in [0.25, 0.3) is 0 Å².